The summed E-state index contributed by atoms with van der Waals surface area (Å²) >= 11 is 6.08. The number of aromatic amines is 1. The van der Waals surface area contributed by atoms with E-state index in [0.717, 1.165) is 16.5 Å². The number of carbonyl (C=O) groups excluding carboxylic acids is 1. The third kappa shape index (κ3) is 4.32. The molecule has 9 heteroatoms. The molecule has 31 heavy (non-hydrogen) atoms. The number of aromatic nitrogens is 2. The molecule has 4 rings (SSSR count). The van der Waals surface area contributed by atoms with Gasteiger partial charge < -0.3 is 15.4 Å². The van der Waals surface area contributed by atoms with Crippen molar-refractivity contribution in [1.82, 2.24) is 15.3 Å². The molecule has 0 saturated carbocycles. The maximum Gasteiger partial charge on any atom is 0.267 e. The van der Waals surface area contributed by atoms with Gasteiger partial charge in [0.05, 0.1) is 21.4 Å². The lowest BCUT2D eigenvalue weighted by atomic mass is 10.2. The lowest BCUT2D eigenvalue weighted by molar-refractivity contribution is 0.0946. The summed E-state index contributed by atoms with van der Waals surface area (Å²) in [5.74, 6) is -0.277. The number of sulfone groups is 1. The van der Waals surface area contributed by atoms with E-state index in [0.29, 0.717) is 11.3 Å². The first-order valence-electron chi connectivity index (χ1n) is 9.33. The van der Waals surface area contributed by atoms with E-state index >= 15 is 0 Å². The van der Waals surface area contributed by atoms with Gasteiger partial charge >= 0.3 is 0 Å². The lowest BCUT2D eigenvalue weighted by Crippen LogP contribution is -2.23. The fourth-order valence-electron chi connectivity index (χ4n) is 3.14. The highest BCUT2D eigenvalue weighted by atomic mass is 35.5. The summed E-state index contributed by atoms with van der Waals surface area (Å²) < 4.78 is 25.9. The maximum atomic E-state index is 12.9. The minimum Gasteiger partial charge on any atom is -0.392 e. The van der Waals surface area contributed by atoms with E-state index in [1.54, 1.807) is 42.7 Å². The van der Waals surface area contributed by atoms with Crippen LogP contribution in [0.15, 0.2) is 76.8 Å². The molecule has 0 aliphatic rings. The van der Waals surface area contributed by atoms with Crippen molar-refractivity contribution >= 4 is 38.2 Å². The number of nitrogens with zero attached hydrogens (tertiary/aromatic N) is 1. The fourth-order valence-corrected chi connectivity index (χ4v) is 4.94. The van der Waals surface area contributed by atoms with Crippen LogP contribution in [0, 0.1) is 0 Å². The van der Waals surface area contributed by atoms with Crippen molar-refractivity contribution < 1.29 is 18.3 Å². The Hall–Kier alpha value is -3.20. The molecule has 4 aromatic rings. The first-order chi connectivity index (χ1) is 14.9. The number of benzene rings is 2. The molecule has 158 valence electrons. The summed E-state index contributed by atoms with van der Waals surface area (Å²) in [6.07, 6.45) is 3.31. The number of hydrogen-bond donors (Lipinski definition) is 3. The summed E-state index contributed by atoms with van der Waals surface area (Å²) in [6, 6.07) is 14.1. The lowest BCUT2D eigenvalue weighted by Gasteiger charge is -2.09. The molecule has 0 unspecified atom stereocenters. The highest BCUT2D eigenvalue weighted by Gasteiger charge is 2.21. The SMILES string of the molecule is O=C(NCc1ccc(S(=O)(=O)c2cc(CO)ccc2Cl)cc1)c1cc2cnccc2[nH]1. The van der Waals surface area contributed by atoms with Crippen LogP contribution in [0.3, 0.4) is 0 Å². The second kappa shape index (κ2) is 8.50. The smallest absolute Gasteiger partial charge is 0.267 e. The molecule has 3 N–H and O–H groups in total. The number of halogens is 1. The van der Waals surface area contributed by atoms with Gasteiger partial charge in [-0.3, -0.25) is 9.78 Å². The average Bonchev–Trinajstić information content (AvgIpc) is 3.22. The summed E-state index contributed by atoms with van der Waals surface area (Å²) in [6.45, 7) is -0.0568. The zero-order chi connectivity index (χ0) is 22.0. The van der Waals surface area contributed by atoms with E-state index < -0.39 is 9.84 Å². The van der Waals surface area contributed by atoms with Gasteiger partial charge in [-0.25, -0.2) is 8.42 Å². The Bertz CT molecular complexity index is 1330. The second-order valence-corrected chi connectivity index (χ2v) is 9.22. The van der Waals surface area contributed by atoms with Crippen LogP contribution in [0.5, 0.6) is 0 Å². The summed E-state index contributed by atoms with van der Waals surface area (Å²) in [5.41, 5.74) is 2.43. The Kier molecular flexibility index (Phi) is 5.77. The molecule has 1 amide bonds. The molecule has 0 atom stereocenters. The summed E-state index contributed by atoms with van der Waals surface area (Å²) in [4.78, 5) is 19.5. The number of aliphatic hydroxyl groups excluding tert-OH is 1. The second-order valence-electron chi connectivity index (χ2n) is 6.90. The number of aliphatic hydroxyl groups is 1. The van der Waals surface area contributed by atoms with Gasteiger partial charge in [0.2, 0.25) is 9.84 Å². The van der Waals surface area contributed by atoms with Crippen LogP contribution >= 0.6 is 11.6 Å². The molecule has 2 aromatic carbocycles. The van der Waals surface area contributed by atoms with Gasteiger partial charge in [-0.05, 0) is 47.5 Å². The third-order valence-electron chi connectivity index (χ3n) is 4.82. The standard InChI is InChI=1S/C22H18ClN3O4S/c23-18-6-3-15(13-27)9-21(18)31(29,30)17-4-1-14(2-5-17)11-25-22(28)20-10-16-12-24-8-7-19(16)26-20/h1-10,12,26-27H,11,13H2,(H,25,28). The number of carbonyl (C=O) groups is 1. The topological polar surface area (TPSA) is 112 Å². The van der Waals surface area contributed by atoms with Gasteiger partial charge in [0.25, 0.3) is 5.91 Å². The number of pyridine rings is 1. The van der Waals surface area contributed by atoms with E-state index in [-0.39, 0.29) is 33.9 Å². The van der Waals surface area contributed by atoms with Gasteiger partial charge in [0.15, 0.2) is 0 Å². The Morgan fingerprint density at radius 3 is 2.52 bits per heavy atom. The molecule has 0 saturated heterocycles. The number of rotatable bonds is 6. The van der Waals surface area contributed by atoms with Gasteiger partial charge in [0, 0.05) is 29.8 Å². The predicted octanol–water partition coefficient (Wildman–Crippen LogP) is 3.47. The van der Waals surface area contributed by atoms with Crippen molar-refractivity contribution in [2.24, 2.45) is 0 Å². The van der Waals surface area contributed by atoms with Crippen LogP contribution in [-0.4, -0.2) is 29.4 Å². The molecule has 0 aliphatic heterocycles. The van der Waals surface area contributed by atoms with Gasteiger partial charge in [-0.2, -0.15) is 0 Å². The molecule has 2 aromatic heterocycles. The molecule has 2 heterocycles. The fraction of sp³-hybridized carbons (Fsp3) is 0.0909. The van der Waals surface area contributed by atoms with Crippen LogP contribution in [0.2, 0.25) is 5.02 Å². The Balaban J connectivity index is 1.48. The van der Waals surface area contributed by atoms with Crippen molar-refractivity contribution in [3.8, 4) is 0 Å². The monoisotopic (exact) mass is 455 g/mol. The minimum absolute atomic E-state index is 0.0601. The van der Waals surface area contributed by atoms with Crippen molar-refractivity contribution in [2.75, 3.05) is 0 Å². The van der Waals surface area contributed by atoms with Gasteiger partial charge in [-0.1, -0.05) is 29.8 Å². The minimum atomic E-state index is -3.85. The van der Waals surface area contributed by atoms with E-state index in [2.05, 4.69) is 15.3 Å². The van der Waals surface area contributed by atoms with Gasteiger partial charge in [0.1, 0.15) is 5.69 Å². The Morgan fingerprint density at radius 2 is 1.81 bits per heavy atom. The van der Waals surface area contributed by atoms with E-state index in [9.17, 15) is 18.3 Å². The zero-order valence-electron chi connectivity index (χ0n) is 16.2. The Labute approximate surface area is 183 Å². The number of H-pyrrole nitrogens is 1. The van der Waals surface area contributed by atoms with Crippen LogP contribution in [0.25, 0.3) is 10.9 Å². The van der Waals surface area contributed by atoms with Crippen molar-refractivity contribution in [1.29, 1.82) is 0 Å². The number of hydrogen-bond acceptors (Lipinski definition) is 5. The zero-order valence-corrected chi connectivity index (χ0v) is 17.7. The van der Waals surface area contributed by atoms with Crippen LogP contribution in [0.4, 0.5) is 0 Å². The largest absolute Gasteiger partial charge is 0.392 e. The highest BCUT2D eigenvalue weighted by molar-refractivity contribution is 7.91. The first-order valence-corrected chi connectivity index (χ1v) is 11.2. The average molecular weight is 456 g/mol. The van der Waals surface area contributed by atoms with Gasteiger partial charge in [-0.15, -0.1) is 0 Å². The summed E-state index contributed by atoms with van der Waals surface area (Å²) in [5, 5.41) is 13.0. The molecule has 0 spiro atoms. The van der Waals surface area contributed by atoms with Crippen LogP contribution in [0.1, 0.15) is 21.6 Å². The molecular weight excluding hydrogens is 438 g/mol. The molecule has 0 aliphatic carbocycles. The molecular formula is C22H18ClN3O4S. The van der Waals surface area contributed by atoms with Crippen molar-refractivity contribution in [3.05, 3.63) is 88.8 Å². The third-order valence-corrected chi connectivity index (χ3v) is 7.07. The van der Waals surface area contributed by atoms with Crippen molar-refractivity contribution in [2.45, 2.75) is 22.9 Å². The molecule has 0 radical (unpaired) electrons. The van der Waals surface area contributed by atoms with E-state index in [4.69, 9.17) is 11.6 Å². The maximum absolute atomic E-state index is 12.9. The molecule has 0 fully saturated rings. The quantitative estimate of drug-likeness (QED) is 0.412. The number of amides is 1. The molecule has 7 nitrogen and oxygen atoms in total. The van der Waals surface area contributed by atoms with E-state index in [1.165, 1.54) is 24.3 Å². The normalized spacial score (nSPS) is 11.5. The van der Waals surface area contributed by atoms with E-state index in [1.807, 2.05) is 0 Å². The van der Waals surface area contributed by atoms with Crippen LogP contribution in [-0.2, 0) is 23.0 Å². The Morgan fingerprint density at radius 1 is 1.06 bits per heavy atom. The summed E-state index contributed by atoms with van der Waals surface area (Å²) in [7, 11) is -3.85. The first kappa shape index (κ1) is 21.0. The van der Waals surface area contributed by atoms with Crippen LogP contribution < -0.4 is 5.32 Å². The molecule has 0 bridgehead atoms. The highest BCUT2D eigenvalue weighted by Crippen LogP contribution is 2.29. The predicted molar refractivity (Wildman–Crippen MR) is 117 cm³/mol. The van der Waals surface area contributed by atoms with Crippen molar-refractivity contribution in [3.63, 3.8) is 0 Å². The number of fused-ring (bicyclic) bond motifs is 1. The number of nitrogens with one attached hydrogen (secondary N) is 2.